The Morgan fingerprint density at radius 1 is 1.46 bits per heavy atom. The molecule has 2 heterocycles. The summed E-state index contributed by atoms with van der Waals surface area (Å²) in [7, 11) is 0. The molecule has 1 aromatic rings. The van der Waals surface area contributed by atoms with Gasteiger partial charge in [0.05, 0.1) is 12.0 Å². The average molecular weight is 191 g/mol. The van der Waals surface area contributed by atoms with Crippen LogP contribution >= 0.6 is 0 Å². The van der Waals surface area contributed by atoms with Crippen LogP contribution in [0.5, 0.6) is 0 Å². The first kappa shape index (κ1) is 8.55. The van der Waals surface area contributed by atoms with Gasteiger partial charge in [-0.15, -0.1) is 0 Å². The van der Waals surface area contributed by atoms with Crippen LogP contribution in [0.4, 0.5) is 13.2 Å². The monoisotopic (exact) mass is 191 g/mol. The van der Waals surface area contributed by atoms with E-state index < -0.39 is 11.9 Å². The largest absolute Gasteiger partial charge is 0.435 e. The van der Waals surface area contributed by atoms with Crippen LogP contribution in [0.15, 0.2) is 6.33 Å². The van der Waals surface area contributed by atoms with E-state index >= 15 is 0 Å². The Labute approximate surface area is 72.6 Å². The van der Waals surface area contributed by atoms with Gasteiger partial charge in [-0.1, -0.05) is 0 Å². The molecule has 0 saturated heterocycles. The molecule has 0 aliphatic carbocycles. The summed E-state index contributed by atoms with van der Waals surface area (Å²) in [6.45, 7) is 1.49. The number of hydrogen-bond acceptors (Lipinski definition) is 2. The van der Waals surface area contributed by atoms with E-state index in [0.717, 1.165) is 0 Å². The van der Waals surface area contributed by atoms with Crippen molar-refractivity contribution < 1.29 is 13.2 Å². The molecule has 0 amide bonds. The van der Waals surface area contributed by atoms with Gasteiger partial charge in [-0.3, -0.25) is 0 Å². The first-order chi connectivity index (χ1) is 6.09. The zero-order valence-electron chi connectivity index (χ0n) is 6.73. The fourth-order valence-corrected chi connectivity index (χ4v) is 1.43. The summed E-state index contributed by atoms with van der Waals surface area (Å²) in [5, 5.41) is 2.88. The lowest BCUT2D eigenvalue weighted by Gasteiger charge is -2.17. The minimum absolute atomic E-state index is 0.235. The molecule has 1 N–H and O–H groups in total. The molecule has 0 radical (unpaired) electrons. The molecular formula is C7H8F3N3. The Kier molecular flexibility index (Phi) is 1.80. The van der Waals surface area contributed by atoms with E-state index in [2.05, 4.69) is 10.3 Å². The normalized spacial score (nSPS) is 17.2. The number of aromatic nitrogens is 2. The fraction of sp³-hybridized carbons (Fsp3) is 0.571. The van der Waals surface area contributed by atoms with E-state index in [1.54, 1.807) is 4.57 Å². The molecule has 6 heteroatoms. The van der Waals surface area contributed by atoms with Crippen LogP contribution < -0.4 is 5.32 Å². The quantitative estimate of drug-likeness (QED) is 0.663. The Balaban J connectivity index is 2.43. The average Bonchev–Trinajstić information content (AvgIpc) is 2.45. The van der Waals surface area contributed by atoms with E-state index in [0.29, 0.717) is 13.1 Å². The van der Waals surface area contributed by atoms with Crippen LogP contribution in [0.2, 0.25) is 0 Å². The van der Waals surface area contributed by atoms with E-state index in [1.807, 2.05) is 0 Å². The number of fused-ring (bicyclic) bond motifs is 1. The lowest BCUT2D eigenvalue weighted by atomic mass is 10.2. The standard InChI is InChI=1S/C7H8F3N3/c8-7(9,10)6-5-3-11-1-2-13(5)4-12-6/h4,11H,1-3H2. The molecule has 3 nitrogen and oxygen atoms in total. The van der Waals surface area contributed by atoms with Crippen molar-refractivity contribution in [3.8, 4) is 0 Å². The molecule has 2 rings (SSSR count). The van der Waals surface area contributed by atoms with Crippen LogP contribution in [-0.2, 0) is 19.3 Å². The molecule has 72 valence electrons. The highest BCUT2D eigenvalue weighted by Gasteiger charge is 2.37. The number of alkyl halides is 3. The summed E-state index contributed by atoms with van der Waals surface area (Å²) < 4.78 is 38.5. The summed E-state index contributed by atoms with van der Waals surface area (Å²) in [6, 6.07) is 0. The number of nitrogens with one attached hydrogen (secondary N) is 1. The number of halogens is 3. The van der Waals surface area contributed by atoms with Crippen molar-refractivity contribution in [3.05, 3.63) is 17.7 Å². The molecule has 0 fully saturated rings. The van der Waals surface area contributed by atoms with Gasteiger partial charge in [0.1, 0.15) is 0 Å². The minimum Gasteiger partial charge on any atom is -0.332 e. The Morgan fingerprint density at radius 3 is 2.92 bits per heavy atom. The molecule has 0 bridgehead atoms. The highest BCUT2D eigenvalue weighted by Crippen LogP contribution is 2.31. The Hall–Kier alpha value is -1.04. The van der Waals surface area contributed by atoms with Crippen molar-refractivity contribution in [1.82, 2.24) is 14.9 Å². The maximum Gasteiger partial charge on any atom is 0.435 e. The molecule has 0 atom stereocenters. The second-order valence-corrected chi connectivity index (χ2v) is 2.91. The number of hydrogen-bond donors (Lipinski definition) is 1. The van der Waals surface area contributed by atoms with Gasteiger partial charge < -0.3 is 9.88 Å². The van der Waals surface area contributed by atoms with Gasteiger partial charge >= 0.3 is 6.18 Å². The molecule has 0 unspecified atom stereocenters. The smallest absolute Gasteiger partial charge is 0.332 e. The van der Waals surface area contributed by atoms with Crippen LogP contribution in [0.25, 0.3) is 0 Å². The van der Waals surface area contributed by atoms with E-state index in [4.69, 9.17) is 0 Å². The number of nitrogens with zero attached hydrogens (tertiary/aromatic N) is 2. The van der Waals surface area contributed by atoms with Gasteiger partial charge in [-0.2, -0.15) is 13.2 Å². The van der Waals surface area contributed by atoms with Gasteiger partial charge in [0.2, 0.25) is 0 Å². The van der Waals surface area contributed by atoms with Crippen LogP contribution in [-0.4, -0.2) is 16.1 Å². The van der Waals surface area contributed by atoms with E-state index in [9.17, 15) is 13.2 Å². The van der Waals surface area contributed by atoms with E-state index in [-0.39, 0.29) is 12.2 Å². The topological polar surface area (TPSA) is 29.9 Å². The van der Waals surface area contributed by atoms with Crippen molar-refractivity contribution in [3.63, 3.8) is 0 Å². The second-order valence-electron chi connectivity index (χ2n) is 2.91. The first-order valence-electron chi connectivity index (χ1n) is 3.91. The van der Waals surface area contributed by atoms with Gasteiger partial charge in [-0.05, 0) is 0 Å². The van der Waals surface area contributed by atoms with Gasteiger partial charge in [0, 0.05) is 19.6 Å². The Bertz CT molecular complexity index is 315. The molecule has 0 spiro atoms. The maximum absolute atomic E-state index is 12.3. The lowest BCUT2D eigenvalue weighted by Crippen LogP contribution is -2.29. The van der Waals surface area contributed by atoms with Gasteiger partial charge in [-0.25, -0.2) is 4.98 Å². The summed E-state index contributed by atoms with van der Waals surface area (Å²) in [5.41, 5.74) is -0.529. The van der Waals surface area contributed by atoms with Crippen LogP contribution in [0, 0.1) is 0 Å². The SMILES string of the molecule is FC(F)(F)c1ncn2c1CNCC2. The number of imidazole rings is 1. The minimum atomic E-state index is -4.33. The van der Waals surface area contributed by atoms with Crippen LogP contribution in [0.1, 0.15) is 11.4 Å². The molecule has 1 aromatic heterocycles. The van der Waals surface area contributed by atoms with E-state index in [1.165, 1.54) is 6.33 Å². The third kappa shape index (κ3) is 1.41. The third-order valence-electron chi connectivity index (χ3n) is 2.04. The molecule has 1 aliphatic heterocycles. The van der Waals surface area contributed by atoms with Crippen molar-refractivity contribution in [2.24, 2.45) is 0 Å². The Morgan fingerprint density at radius 2 is 2.23 bits per heavy atom. The molecule has 13 heavy (non-hydrogen) atoms. The van der Waals surface area contributed by atoms with Crippen molar-refractivity contribution >= 4 is 0 Å². The first-order valence-corrected chi connectivity index (χ1v) is 3.91. The van der Waals surface area contributed by atoms with Crippen molar-refractivity contribution in [1.29, 1.82) is 0 Å². The summed E-state index contributed by atoms with van der Waals surface area (Å²) >= 11 is 0. The maximum atomic E-state index is 12.3. The molecule has 1 aliphatic rings. The number of rotatable bonds is 0. The summed E-state index contributed by atoms with van der Waals surface area (Å²) in [4.78, 5) is 3.37. The van der Waals surface area contributed by atoms with Crippen molar-refractivity contribution in [2.45, 2.75) is 19.3 Å². The second kappa shape index (κ2) is 2.73. The molecule has 0 saturated carbocycles. The van der Waals surface area contributed by atoms with Gasteiger partial charge in [0.25, 0.3) is 0 Å². The third-order valence-corrected chi connectivity index (χ3v) is 2.04. The zero-order chi connectivity index (χ0) is 9.47. The highest BCUT2D eigenvalue weighted by molar-refractivity contribution is 5.17. The lowest BCUT2D eigenvalue weighted by molar-refractivity contribution is -0.141. The molecule has 0 aromatic carbocycles. The predicted octanol–water partition coefficient (Wildman–Crippen LogP) is 1.01. The summed E-state index contributed by atoms with van der Waals surface area (Å²) in [5.74, 6) is 0. The molecular weight excluding hydrogens is 183 g/mol. The fourth-order valence-electron chi connectivity index (χ4n) is 1.43. The predicted molar refractivity (Wildman–Crippen MR) is 38.9 cm³/mol. The van der Waals surface area contributed by atoms with Crippen molar-refractivity contribution in [2.75, 3.05) is 6.54 Å². The zero-order valence-corrected chi connectivity index (χ0v) is 6.73. The summed E-state index contributed by atoms with van der Waals surface area (Å²) in [6.07, 6.45) is -3.08. The van der Waals surface area contributed by atoms with Gasteiger partial charge in [0.15, 0.2) is 5.69 Å². The highest BCUT2D eigenvalue weighted by atomic mass is 19.4. The van der Waals surface area contributed by atoms with Crippen LogP contribution in [0.3, 0.4) is 0 Å².